The van der Waals surface area contributed by atoms with Crippen LogP contribution in [-0.4, -0.2) is 11.5 Å². The van der Waals surface area contributed by atoms with Crippen LogP contribution in [0.3, 0.4) is 0 Å². The number of hydrogen-bond donors (Lipinski definition) is 1. The molecular formula is C13H16N2S. The summed E-state index contributed by atoms with van der Waals surface area (Å²) in [6.07, 6.45) is 2.81. The Balaban J connectivity index is 2.04. The third kappa shape index (κ3) is 3.15. The van der Waals surface area contributed by atoms with Crippen LogP contribution in [-0.2, 0) is 13.0 Å². The van der Waals surface area contributed by atoms with Gasteiger partial charge in [-0.05, 0) is 17.7 Å². The Bertz CT molecular complexity index is 423. The molecule has 0 aliphatic carbocycles. The van der Waals surface area contributed by atoms with E-state index in [2.05, 4.69) is 41.5 Å². The number of hydrogen-bond acceptors (Lipinski definition) is 3. The van der Waals surface area contributed by atoms with Gasteiger partial charge in [0.25, 0.3) is 0 Å². The second-order valence-corrected chi connectivity index (χ2v) is 4.68. The molecule has 0 aliphatic rings. The van der Waals surface area contributed by atoms with E-state index in [1.807, 2.05) is 11.6 Å². The smallest absolute Gasteiger partial charge is 0.0968 e. The maximum Gasteiger partial charge on any atom is 0.0968 e. The zero-order valence-electron chi connectivity index (χ0n) is 9.44. The van der Waals surface area contributed by atoms with Gasteiger partial charge in [0.15, 0.2) is 0 Å². The van der Waals surface area contributed by atoms with Crippen molar-refractivity contribution in [3.8, 4) is 0 Å². The number of aromatic nitrogens is 1. The van der Waals surface area contributed by atoms with Crippen LogP contribution >= 0.6 is 11.3 Å². The topological polar surface area (TPSA) is 24.9 Å². The Labute approximate surface area is 100 Å². The molecule has 2 aromatic rings. The molecule has 16 heavy (non-hydrogen) atoms. The zero-order chi connectivity index (χ0) is 11.2. The van der Waals surface area contributed by atoms with Crippen LogP contribution in [0.4, 0.5) is 0 Å². The molecule has 0 amide bonds. The van der Waals surface area contributed by atoms with Crippen LogP contribution in [0.15, 0.2) is 35.8 Å². The van der Waals surface area contributed by atoms with Gasteiger partial charge in [-0.2, -0.15) is 0 Å². The first-order valence-corrected chi connectivity index (χ1v) is 6.43. The van der Waals surface area contributed by atoms with E-state index in [9.17, 15) is 0 Å². The lowest BCUT2D eigenvalue weighted by atomic mass is 10.1. The molecule has 0 radical (unpaired) electrons. The molecule has 0 unspecified atom stereocenters. The summed E-state index contributed by atoms with van der Waals surface area (Å²) < 4.78 is 0. The summed E-state index contributed by atoms with van der Waals surface area (Å²) in [6, 6.07) is 8.70. The number of benzene rings is 1. The van der Waals surface area contributed by atoms with Gasteiger partial charge in [-0.1, -0.05) is 31.2 Å². The van der Waals surface area contributed by atoms with E-state index in [-0.39, 0.29) is 0 Å². The highest BCUT2D eigenvalue weighted by molar-refractivity contribution is 7.09. The highest BCUT2D eigenvalue weighted by Crippen LogP contribution is 2.13. The molecule has 0 fully saturated rings. The molecule has 84 valence electrons. The Kier molecular flexibility index (Phi) is 4.08. The van der Waals surface area contributed by atoms with Gasteiger partial charge in [0.2, 0.25) is 0 Å². The zero-order valence-corrected chi connectivity index (χ0v) is 10.3. The van der Waals surface area contributed by atoms with Gasteiger partial charge < -0.3 is 5.32 Å². The fourth-order valence-electron chi connectivity index (χ4n) is 1.63. The minimum atomic E-state index is 0.942. The Morgan fingerprint density at radius 1 is 1.31 bits per heavy atom. The third-order valence-corrected chi connectivity index (χ3v) is 3.19. The van der Waals surface area contributed by atoms with E-state index in [4.69, 9.17) is 0 Å². The predicted octanol–water partition coefficient (Wildman–Crippen LogP) is 2.84. The van der Waals surface area contributed by atoms with Crippen molar-refractivity contribution in [2.24, 2.45) is 0 Å². The van der Waals surface area contributed by atoms with Crippen LogP contribution < -0.4 is 5.32 Å². The molecule has 0 atom stereocenters. The van der Waals surface area contributed by atoms with Gasteiger partial charge in [-0.3, -0.25) is 0 Å². The van der Waals surface area contributed by atoms with Crippen molar-refractivity contribution in [2.45, 2.75) is 19.9 Å². The van der Waals surface area contributed by atoms with Crippen molar-refractivity contribution in [1.29, 1.82) is 0 Å². The summed E-state index contributed by atoms with van der Waals surface area (Å²) in [5.41, 5.74) is 2.68. The average Bonchev–Trinajstić information content (AvgIpc) is 2.80. The number of nitrogens with one attached hydrogen (secondary N) is 1. The van der Waals surface area contributed by atoms with Crippen molar-refractivity contribution < 1.29 is 0 Å². The summed E-state index contributed by atoms with van der Waals surface area (Å²) in [4.78, 5) is 4.31. The summed E-state index contributed by atoms with van der Waals surface area (Å²) in [6.45, 7) is 4.08. The van der Waals surface area contributed by atoms with E-state index in [1.165, 1.54) is 16.1 Å². The minimum absolute atomic E-state index is 0.942. The van der Waals surface area contributed by atoms with Gasteiger partial charge in [0.05, 0.1) is 5.01 Å². The summed E-state index contributed by atoms with van der Waals surface area (Å²) in [5.74, 6) is 0. The lowest BCUT2D eigenvalue weighted by Gasteiger charge is -2.04. The van der Waals surface area contributed by atoms with Crippen molar-refractivity contribution in [1.82, 2.24) is 10.3 Å². The first-order chi connectivity index (χ1) is 7.88. The maximum absolute atomic E-state index is 4.31. The highest BCUT2D eigenvalue weighted by Gasteiger charge is 1.99. The molecule has 0 bridgehead atoms. The average molecular weight is 232 g/mol. The van der Waals surface area contributed by atoms with Gasteiger partial charge >= 0.3 is 0 Å². The van der Waals surface area contributed by atoms with Crippen LogP contribution in [0.1, 0.15) is 23.1 Å². The van der Waals surface area contributed by atoms with E-state index < -0.39 is 0 Å². The minimum Gasteiger partial charge on any atom is -0.313 e. The van der Waals surface area contributed by atoms with Gasteiger partial charge in [-0.15, -0.1) is 11.3 Å². The molecule has 2 rings (SSSR count). The maximum atomic E-state index is 4.31. The normalized spacial score (nSPS) is 10.6. The predicted molar refractivity (Wildman–Crippen MR) is 68.7 cm³/mol. The molecule has 1 aromatic heterocycles. The standard InChI is InChI=1S/C13H16N2S/c1-2-14-10-12-5-3-4-11(8-12)9-13-15-6-7-16-13/h3-8,14H,2,9-10H2,1H3. The molecule has 1 heterocycles. The van der Waals surface area contributed by atoms with Crippen LogP contribution in [0.25, 0.3) is 0 Å². The van der Waals surface area contributed by atoms with Gasteiger partial charge in [0, 0.05) is 24.5 Å². The molecule has 3 heteroatoms. The Morgan fingerprint density at radius 2 is 2.19 bits per heavy atom. The van der Waals surface area contributed by atoms with E-state index in [1.54, 1.807) is 11.3 Å². The summed E-state index contributed by atoms with van der Waals surface area (Å²) >= 11 is 1.71. The molecule has 0 saturated heterocycles. The highest BCUT2D eigenvalue weighted by atomic mass is 32.1. The van der Waals surface area contributed by atoms with E-state index >= 15 is 0 Å². The molecule has 1 aromatic carbocycles. The summed E-state index contributed by atoms with van der Waals surface area (Å²) in [7, 11) is 0. The quantitative estimate of drug-likeness (QED) is 0.857. The lowest BCUT2D eigenvalue weighted by Crippen LogP contribution is -2.11. The molecule has 2 nitrogen and oxygen atoms in total. The van der Waals surface area contributed by atoms with Gasteiger partial charge in [-0.25, -0.2) is 4.98 Å². The Morgan fingerprint density at radius 3 is 2.94 bits per heavy atom. The van der Waals surface area contributed by atoms with Crippen molar-refractivity contribution in [3.63, 3.8) is 0 Å². The van der Waals surface area contributed by atoms with Crippen molar-refractivity contribution in [3.05, 3.63) is 52.0 Å². The summed E-state index contributed by atoms with van der Waals surface area (Å²) in [5, 5.41) is 6.54. The van der Waals surface area contributed by atoms with Gasteiger partial charge in [0.1, 0.15) is 0 Å². The number of rotatable bonds is 5. The fraction of sp³-hybridized carbons (Fsp3) is 0.308. The first kappa shape index (κ1) is 11.3. The number of nitrogens with zero attached hydrogens (tertiary/aromatic N) is 1. The van der Waals surface area contributed by atoms with Crippen LogP contribution in [0.2, 0.25) is 0 Å². The molecule has 0 aliphatic heterocycles. The SMILES string of the molecule is CCNCc1cccc(Cc2nccs2)c1. The largest absolute Gasteiger partial charge is 0.313 e. The van der Waals surface area contributed by atoms with E-state index in [0.29, 0.717) is 0 Å². The van der Waals surface area contributed by atoms with Crippen LogP contribution in [0, 0.1) is 0 Å². The molecule has 0 spiro atoms. The molecule has 0 saturated carbocycles. The monoisotopic (exact) mass is 232 g/mol. The molecule has 1 N–H and O–H groups in total. The third-order valence-electron chi connectivity index (χ3n) is 2.41. The van der Waals surface area contributed by atoms with Crippen LogP contribution in [0.5, 0.6) is 0 Å². The lowest BCUT2D eigenvalue weighted by molar-refractivity contribution is 0.726. The first-order valence-electron chi connectivity index (χ1n) is 5.55. The molecular weight excluding hydrogens is 216 g/mol. The second-order valence-electron chi connectivity index (χ2n) is 3.70. The van der Waals surface area contributed by atoms with E-state index in [0.717, 1.165) is 19.5 Å². The van der Waals surface area contributed by atoms with Crippen molar-refractivity contribution >= 4 is 11.3 Å². The second kappa shape index (κ2) is 5.77. The number of thiazole rings is 1. The Hall–Kier alpha value is -1.19. The fourth-order valence-corrected chi connectivity index (χ4v) is 2.28. The van der Waals surface area contributed by atoms with Crippen molar-refractivity contribution in [2.75, 3.05) is 6.54 Å².